The molecule has 3 unspecified atom stereocenters. The van der Waals surface area contributed by atoms with Crippen molar-refractivity contribution in [1.82, 2.24) is 31.0 Å². The number of fused-ring (bicyclic) bond motifs is 1. The highest BCUT2D eigenvalue weighted by Crippen LogP contribution is 2.28. The molecule has 0 saturated carbocycles. The highest BCUT2D eigenvalue weighted by Gasteiger charge is 2.39. The fraction of sp³-hybridized carbons (Fsp3) is 0.737. The van der Waals surface area contributed by atoms with Crippen LogP contribution in [0.25, 0.3) is 0 Å². The molecular formula is C19H30N6O. The molecule has 3 aliphatic heterocycles. The lowest BCUT2D eigenvalue weighted by molar-refractivity contribution is -0.135. The van der Waals surface area contributed by atoms with Crippen molar-refractivity contribution in [2.24, 2.45) is 5.92 Å². The van der Waals surface area contributed by atoms with E-state index in [1.807, 2.05) is 11.1 Å². The third kappa shape index (κ3) is 3.35. The number of amides is 1. The first-order valence-corrected chi connectivity index (χ1v) is 10.0. The van der Waals surface area contributed by atoms with Crippen LogP contribution in [0.15, 0.2) is 6.20 Å². The Labute approximate surface area is 155 Å². The van der Waals surface area contributed by atoms with Gasteiger partial charge in [-0.3, -0.25) is 10.2 Å². The summed E-state index contributed by atoms with van der Waals surface area (Å²) in [4.78, 5) is 24.4. The molecule has 0 aromatic carbocycles. The number of carbonyl (C=O) groups is 1. The van der Waals surface area contributed by atoms with Crippen molar-refractivity contribution in [1.29, 1.82) is 0 Å². The van der Waals surface area contributed by atoms with E-state index in [9.17, 15) is 4.79 Å². The van der Waals surface area contributed by atoms with Crippen LogP contribution in [0.2, 0.25) is 0 Å². The van der Waals surface area contributed by atoms with Crippen molar-refractivity contribution >= 4 is 5.91 Å². The first kappa shape index (κ1) is 17.8. The van der Waals surface area contributed by atoms with Gasteiger partial charge in [0, 0.05) is 62.0 Å². The molecule has 1 amide bonds. The Morgan fingerprint density at radius 2 is 2.12 bits per heavy atom. The van der Waals surface area contributed by atoms with Gasteiger partial charge in [-0.2, -0.15) is 0 Å². The first-order valence-electron chi connectivity index (χ1n) is 10.0. The summed E-state index contributed by atoms with van der Waals surface area (Å²) >= 11 is 0. The molecule has 2 fully saturated rings. The number of nitrogens with zero attached hydrogens (tertiary/aromatic N) is 3. The zero-order valence-corrected chi connectivity index (χ0v) is 15.8. The number of likely N-dealkylation sites (tertiary alicyclic amines) is 1. The summed E-state index contributed by atoms with van der Waals surface area (Å²) in [6.07, 6.45) is 5.91. The lowest BCUT2D eigenvalue weighted by atomic mass is 9.91. The van der Waals surface area contributed by atoms with E-state index < -0.39 is 0 Å². The Morgan fingerprint density at radius 1 is 1.31 bits per heavy atom. The van der Waals surface area contributed by atoms with Gasteiger partial charge in [0.2, 0.25) is 5.91 Å². The van der Waals surface area contributed by atoms with Crippen LogP contribution < -0.4 is 16.2 Å². The number of piperidine rings is 1. The zero-order chi connectivity index (χ0) is 18.1. The highest BCUT2D eigenvalue weighted by molar-refractivity contribution is 5.82. The average Bonchev–Trinajstić information content (AvgIpc) is 3.07. The molecule has 0 radical (unpaired) electrons. The van der Waals surface area contributed by atoms with E-state index in [0.29, 0.717) is 17.9 Å². The summed E-state index contributed by atoms with van der Waals surface area (Å²) in [5.74, 6) is 1.90. The van der Waals surface area contributed by atoms with Crippen LogP contribution in [0.1, 0.15) is 56.1 Å². The van der Waals surface area contributed by atoms with Crippen LogP contribution in [0.3, 0.4) is 0 Å². The molecule has 0 spiro atoms. The van der Waals surface area contributed by atoms with Crippen LogP contribution in [-0.4, -0.2) is 52.5 Å². The van der Waals surface area contributed by atoms with Gasteiger partial charge in [0.15, 0.2) is 0 Å². The van der Waals surface area contributed by atoms with Gasteiger partial charge < -0.3 is 10.2 Å². The third-order valence-corrected chi connectivity index (χ3v) is 6.29. The minimum atomic E-state index is -0.107. The Bertz CT molecular complexity index is 657. The van der Waals surface area contributed by atoms with Crippen molar-refractivity contribution in [2.75, 3.05) is 19.6 Å². The molecule has 7 heteroatoms. The lowest BCUT2D eigenvalue weighted by Gasteiger charge is -2.34. The molecule has 1 aromatic rings. The minimum Gasteiger partial charge on any atom is -0.341 e. The Morgan fingerprint density at radius 3 is 2.85 bits per heavy atom. The predicted molar refractivity (Wildman–Crippen MR) is 99.3 cm³/mol. The molecule has 3 N–H and O–H groups in total. The number of rotatable bonds is 3. The van der Waals surface area contributed by atoms with Crippen molar-refractivity contribution in [3.8, 4) is 0 Å². The van der Waals surface area contributed by atoms with E-state index in [4.69, 9.17) is 4.98 Å². The van der Waals surface area contributed by atoms with E-state index in [2.05, 4.69) is 35.0 Å². The molecule has 0 aliphatic carbocycles. The van der Waals surface area contributed by atoms with E-state index in [1.54, 1.807) is 0 Å². The summed E-state index contributed by atoms with van der Waals surface area (Å²) < 4.78 is 0. The second kappa shape index (κ2) is 7.58. The largest absolute Gasteiger partial charge is 0.341 e. The van der Waals surface area contributed by atoms with Crippen molar-refractivity contribution in [2.45, 2.75) is 64.1 Å². The lowest BCUT2D eigenvalue weighted by Crippen LogP contribution is -2.49. The van der Waals surface area contributed by atoms with Crippen molar-refractivity contribution in [3.05, 3.63) is 23.3 Å². The van der Waals surface area contributed by atoms with E-state index in [0.717, 1.165) is 57.7 Å². The SMILES string of the molecule is CCC1NNC(C(=O)N2CCC(c3ncc4c(n3)CCNC4)CC2)C1C. The highest BCUT2D eigenvalue weighted by atomic mass is 16.2. The van der Waals surface area contributed by atoms with E-state index >= 15 is 0 Å². The summed E-state index contributed by atoms with van der Waals surface area (Å²) in [5.41, 5.74) is 8.91. The molecule has 4 heterocycles. The number of hydrogen-bond donors (Lipinski definition) is 3. The fourth-order valence-corrected chi connectivity index (χ4v) is 4.46. The van der Waals surface area contributed by atoms with Gasteiger partial charge in [-0.1, -0.05) is 13.8 Å². The molecule has 4 rings (SSSR count). The number of nitrogens with one attached hydrogen (secondary N) is 3. The van der Waals surface area contributed by atoms with Gasteiger partial charge in [0.05, 0.1) is 0 Å². The van der Waals surface area contributed by atoms with Crippen LogP contribution in [0.4, 0.5) is 0 Å². The third-order valence-electron chi connectivity index (χ3n) is 6.29. The molecule has 3 atom stereocenters. The van der Waals surface area contributed by atoms with Gasteiger partial charge in [0.25, 0.3) is 0 Å². The standard InChI is InChI=1S/C19H30N6O/c1-3-15-12(2)17(24-23-15)19(26)25-8-5-13(6-9-25)18-21-11-14-10-20-7-4-16(14)22-18/h11-13,15,17,20,23-24H,3-10H2,1-2H3. The van der Waals surface area contributed by atoms with Gasteiger partial charge in [-0.25, -0.2) is 15.4 Å². The fourth-order valence-electron chi connectivity index (χ4n) is 4.46. The van der Waals surface area contributed by atoms with Crippen molar-refractivity contribution < 1.29 is 4.79 Å². The summed E-state index contributed by atoms with van der Waals surface area (Å²) in [6, 6.07) is 0.267. The minimum absolute atomic E-state index is 0.107. The smallest absolute Gasteiger partial charge is 0.241 e. The summed E-state index contributed by atoms with van der Waals surface area (Å²) in [7, 11) is 0. The topological polar surface area (TPSA) is 82.2 Å². The Kier molecular flexibility index (Phi) is 5.20. The normalized spacial score (nSPS) is 29.6. The maximum Gasteiger partial charge on any atom is 0.241 e. The van der Waals surface area contributed by atoms with Crippen LogP contribution >= 0.6 is 0 Å². The summed E-state index contributed by atoms with van der Waals surface area (Å²) in [5, 5.41) is 3.36. The van der Waals surface area contributed by atoms with Gasteiger partial charge in [-0.05, 0) is 25.2 Å². The Hall–Kier alpha value is -1.57. The Balaban J connectivity index is 1.36. The molecule has 142 valence electrons. The van der Waals surface area contributed by atoms with Crippen LogP contribution in [-0.2, 0) is 17.8 Å². The maximum absolute atomic E-state index is 12.9. The number of aromatic nitrogens is 2. The molecule has 26 heavy (non-hydrogen) atoms. The van der Waals surface area contributed by atoms with E-state index in [1.165, 1.54) is 11.3 Å². The zero-order valence-electron chi connectivity index (χ0n) is 15.8. The van der Waals surface area contributed by atoms with Gasteiger partial charge in [-0.15, -0.1) is 0 Å². The molecular weight excluding hydrogens is 328 g/mol. The molecule has 2 saturated heterocycles. The monoisotopic (exact) mass is 358 g/mol. The second-order valence-corrected chi connectivity index (χ2v) is 7.87. The van der Waals surface area contributed by atoms with E-state index in [-0.39, 0.29) is 11.9 Å². The molecule has 3 aliphatic rings. The molecule has 7 nitrogen and oxygen atoms in total. The number of hydrazine groups is 1. The predicted octanol–water partition coefficient (Wildman–Crippen LogP) is 0.719. The van der Waals surface area contributed by atoms with Crippen LogP contribution in [0, 0.1) is 5.92 Å². The summed E-state index contributed by atoms with van der Waals surface area (Å²) in [6.45, 7) is 7.78. The second-order valence-electron chi connectivity index (χ2n) is 7.87. The average molecular weight is 358 g/mol. The molecule has 1 aromatic heterocycles. The van der Waals surface area contributed by atoms with Gasteiger partial charge in [0.1, 0.15) is 11.9 Å². The van der Waals surface area contributed by atoms with Crippen molar-refractivity contribution in [3.63, 3.8) is 0 Å². The maximum atomic E-state index is 12.9. The quantitative estimate of drug-likeness (QED) is 0.739. The number of hydrogen-bond acceptors (Lipinski definition) is 6. The van der Waals surface area contributed by atoms with Gasteiger partial charge >= 0.3 is 0 Å². The number of carbonyl (C=O) groups excluding carboxylic acids is 1. The first-order chi connectivity index (χ1) is 12.7. The molecule has 0 bridgehead atoms. The van der Waals surface area contributed by atoms with Crippen LogP contribution in [0.5, 0.6) is 0 Å².